The van der Waals surface area contributed by atoms with E-state index in [-0.39, 0.29) is 0 Å². The molecule has 2 heterocycles. The maximum Gasteiger partial charge on any atom is 0.250 e. The van der Waals surface area contributed by atoms with Crippen LogP contribution in [-0.2, 0) is 6.42 Å². The van der Waals surface area contributed by atoms with Gasteiger partial charge in [-0.15, -0.1) is 0 Å². The largest absolute Gasteiger partial charge is 0.370 e. The van der Waals surface area contributed by atoms with Crippen LogP contribution < -0.4 is 11.1 Å². The zero-order valence-electron chi connectivity index (χ0n) is 7.42. The SMILES string of the molecule is Cc1c(C(N)=O)cnc2c1CCN2. The van der Waals surface area contributed by atoms with Crippen molar-refractivity contribution < 1.29 is 4.79 Å². The van der Waals surface area contributed by atoms with Crippen LogP contribution in [0.3, 0.4) is 0 Å². The van der Waals surface area contributed by atoms with Gasteiger partial charge in [0.15, 0.2) is 0 Å². The number of primary amides is 1. The Morgan fingerprint density at radius 3 is 3.15 bits per heavy atom. The summed E-state index contributed by atoms with van der Waals surface area (Å²) in [6.07, 6.45) is 2.46. The van der Waals surface area contributed by atoms with Gasteiger partial charge in [-0.25, -0.2) is 4.98 Å². The average molecular weight is 177 g/mol. The lowest BCUT2D eigenvalue weighted by atomic mass is 10.0. The fraction of sp³-hybridized carbons (Fsp3) is 0.333. The molecule has 0 atom stereocenters. The molecule has 2 rings (SSSR count). The number of carbonyl (C=O) groups excluding carboxylic acids is 1. The molecule has 68 valence electrons. The molecule has 4 heteroatoms. The first-order valence-electron chi connectivity index (χ1n) is 4.22. The molecule has 0 radical (unpaired) electrons. The maximum atomic E-state index is 11.0. The number of amides is 1. The number of carbonyl (C=O) groups is 1. The molecular weight excluding hydrogens is 166 g/mol. The summed E-state index contributed by atoms with van der Waals surface area (Å²) in [4.78, 5) is 15.1. The Morgan fingerprint density at radius 1 is 1.69 bits per heavy atom. The van der Waals surface area contributed by atoms with Crippen LogP contribution in [0, 0.1) is 6.92 Å². The predicted molar refractivity (Wildman–Crippen MR) is 49.7 cm³/mol. The molecule has 0 spiro atoms. The Kier molecular flexibility index (Phi) is 1.69. The lowest BCUT2D eigenvalue weighted by molar-refractivity contribution is 0.0999. The smallest absolute Gasteiger partial charge is 0.250 e. The Labute approximate surface area is 76.2 Å². The molecular formula is C9H11N3O. The first-order valence-corrected chi connectivity index (χ1v) is 4.22. The van der Waals surface area contributed by atoms with Gasteiger partial charge in [-0.1, -0.05) is 0 Å². The van der Waals surface area contributed by atoms with Crippen LogP contribution in [0.25, 0.3) is 0 Å². The molecule has 1 aliphatic heterocycles. The van der Waals surface area contributed by atoms with Crippen molar-refractivity contribution in [3.8, 4) is 0 Å². The number of fused-ring (bicyclic) bond motifs is 1. The lowest BCUT2D eigenvalue weighted by Gasteiger charge is -2.05. The first-order chi connectivity index (χ1) is 6.20. The second-order valence-electron chi connectivity index (χ2n) is 3.17. The molecule has 1 aromatic rings. The number of nitrogens with one attached hydrogen (secondary N) is 1. The number of aromatic nitrogens is 1. The summed E-state index contributed by atoms with van der Waals surface area (Å²) in [5.41, 5.74) is 7.82. The van der Waals surface area contributed by atoms with Gasteiger partial charge in [0.2, 0.25) is 0 Å². The van der Waals surface area contributed by atoms with Crippen molar-refractivity contribution in [1.29, 1.82) is 0 Å². The van der Waals surface area contributed by atoms with Gasteiger partial charge in [0.05, 0.1) is 5.56 Å². The molecule has 0 bridgehead atoms. The van der Waals surface area contributed by atoms with E-state index >= 15 is 0 Å². The van der Waals surface area contributed by atoms with Crippen molar-refractivity contribution in [3.05, 3.63) is 22.9 Å². The number of rotatable bonds is 1. The highest BCUT2D eigenvalue weighted by molar-refractivity contribution is 5.94. The fourth-order valence-electron chi connectivity index (χ4n) is 1.66. The third kappa shape index (κ3) is 1.14. The Hall–Kier alpha value is -1.58. The standard InChI is InChI=1S/C9H11N3O/c1-5-6-2-3-11-9(6)12-4-7(5)8(10)13/h4H,2-3H2,1H3,(H2,10,13)(H,11,12). The van der Waals surface area contributed by atoms with E-state index in [0.717, 1.165) is 29.9 Å². The third-order valence-electron chi connectivity index (χ3n) is 2.40. The molecule has 3 N–H and O–H groups in total. The molecule has 0 fully saturated rings. The summed E-state index contributed by atoms with van der Waals surface area (Å²) in [7, 11) is 0. The molecule has 0 aliphatic carbocycles. The van der Waals surface area contributed by atoms with Crippen molar-refractivity contribution in [1.82, 2.24) is 4.98 Å². The van der Waals surface area contributed by atoms with Crippen LogP contribution in [0.15, 0.2) is 6.20 Å². The van der Waals surface area contributed by atoms with E-state index in [1.54, 1.807) is 0 Å². The quantitative estimate of drug-likeness (QED) is 0.654. The van der Waals surface area contributed by atoms with Crippen LogP contribution >= 0.6 is 0 Å². The number of anilines is 1. The predicted octanol–water partition coefficient (Wildman–Crippen LogP) is 0.457. The van der Waals surface area contributed by atoms with Crippen LogP contribution in [0.5, 0.6) is 0 Å². The van der Waals surface area contributed by atoms with Crippen LogP contribution in [0.4, 0.5) is 5.82 Å². The topological polar surface area (TPSA) is 68.0 Å². The van der Waals surface area contributed by atoms with Gasteiger partial charge >= 0.3 is 0 Å². The third-order valence-corrected chi connectivity index (χ3v) is 2.40. The summed E-state index contributed by atoms with van der Waals surface area (Å²) < 4.78 is 0. The van der Waals surface area contributed by atoms with Gasteiger partial charge in [0.25, 0.3) is 5.91 Å². The van der Waals surface area contributed by atoms with Crippen molar-refractivity contribution in [2.24, 2.45) is 5.73 Å². The van der Waals surface area contributed by atoms with E-state index in [2.05, 4.69) is 10.3 Å². The Bertz CT molecular complexity index is 373. The monoisotopic (exact) mass is 177 g/mol. The number of hydrogen-bond donors (Lipinski definition) is 2. The average Bonchev–Trinajstić information content (AvgIpc) is 2.52. The summed E-state index contributed by atoms with van der Waals surface area (Å²) in [5.74, 6) is 0.488. The molecule has 4 nitrogen and oxygen atoms in total. The molecule has 13 heavy (non-hydrogen) atoms. The first kappa shape index (κ1) is 8.04. The number of pyridine rings is 1. The Morgan fingerprint density at radius 2 is 2.46 bits per heavy atom. The van der Waals surface area contributed by atoms with Crippen molar-refractivity contribution in [3.63, 3.8) is 0 Å². The molecule has 0 unspecified atom stereocenters. The Balaban J connectivity index is 2.59. The second kappa shape index (κ2) is 2.73. The zero-order chi connectivity index (χ0) is 9.42. The molecule has 1 aliphatic rings. The minimum atomic E-state index is -0.403. The van der Waals surface area contributed by atoms with Gasteiger partial charge in [0, 0.05) is 12.7 Å². The van der Waals surface area contributed by atoms with Crippen molar-refractivity contribution >= 4 is 11.7 Å². The van der Waals surface area contributed by atoms with Crippen molar-refractivity contribution in [2.75, 3.05) is 11.9 Å². The van der Waals surface area contributed by atoms with Gasteiger partial charge in [-0.3, -0.25) is 4.79 Å². The van der Waals surface area contributed by atoms with E-state index < -0.39 is 5.91 Å². The van der Waals surface area contributed by atoms with Crippen LogP contribution in [0.2, 0.25) is 0 Å². The number of nitrogens with two attached hydrogens (primary N) is 1. The highest BCUT2D eigenvalue weighted by atomic mass is 16.1. The van der Waals surface area contributed by atoms with E-state index in [0.29, 0.717) is 5.56 Å². The number of nitrogens with zero attached hydrogens (tertiary/aromatic N) is 1. The van der Waals surface area contributed by atoms with E-state index in [9.17, 15) is 4.79 Å². The summed E-state index contributed by atoms with van der Waals surface area (Å²) >= 11 is 0. The summed E-state index contributed by atoms with van der Waals surface area (Å²) in [6, 6.07) is 0. The van der Waals surface area contributed by atoms with Crippen LogP contribution in [-0.4, -0.2) is 17.4 Å². The minimum absolute atomic E-state index is 0.403. The van der Waals surface area contributed by atoms with Gasteiger partial charge in [0.1, 0.15) is 5.82 Å². The molecule has 0 saturated carbocycles. The fourth-order valence-corrected chi connectivity index (χ4v) is 1.66. The summed E-state index contributed by atoms with van der Waals surface area (Å²) in [5, 5.41) is 3.14. The highest BCUT2D eigenvalue weighted by Crippen LogP contribution is 2.24. The second-order valence-corrected chi connectivity index (χ2v) is 3.17. The molecule has 1 aromatic heterocycles. The molecule has 0 aromatic carbocycles. The zero-order valence-corrected chi connectivity index (χ0v) is 7.42. The highest BCUT2D eigenvalue weighted by Gasteiger charge is 2.17. The number of hydrogen-bond acceptors (Lipinski definition) is 3. The maximum absolute atomic E-state index is 11.0. The van der Waals surface area contributed by atoms with Gasteiger partial charge in [-0.2, -0.15) is 0 Å². The lowest BCUT2D eigenvalue weighted by Crippen LogP contribution is -2.14. The van der Waals surface area contributed by atoms with E-state index in [1.165, 1.54) is 6.20 Å². The van der Waals surface area contributed by atoms with E-state index in [4.69, 9.17) is 5.73 Å². The van der Waals surface area contributed by atoms with Crippen LogP contribution in [0.1, 0.15) is 21.5 Å². The molecule has 0 saturated heterocycles. The minimum Gasteiger partial charge on any atom is -0.370 e. The van der Waals surface area contributed by atoms with Gasteiger partial charge in [-0.05, 0) is 24.5 Å². The molecule has 1 amide bonds. The normalized spacial score (nSPS) is 13.6. The summed E-state index contributed by atoms with van der Waals surface area (Å²) in [6.45, 7) is 2.80. The van der Waals surface area contributed by atoms with Crippen molar-refractivity contribution in [2.45, 2.75) is 13.3 Å². The van der Waals surface area contributed by atoms with Gasteiger partial charge < -0.3 is 11.1 Å². The van der Waals surface area contributed by atoms with E-state index in [1.807, 2.05) is 6.92 Å².